The predicted octanol–water partition coefficient (Wildman–Crippen LogP) is 5.98. The molecule has 0 spiro atoms. The van der Waals surface area contributed by atoms with Gasteiger partial charge in [0.25, 0.3) is 0 Å². The van der Waals surface area contributed by atoms with Crippen LogP contribution in [0.5, 0.6) is 0 Å². The Balaban J connectivity index is 1.64. The number of rotatable bonds is 6. The fourth-order valence-corrected chi connectivity index (χ4v) is 6.32. The minimum Gasteiger partial charge on any atom is -0.237 e. The van der Waals surface area contributed by atoms with E-state index in [0.717, 1.165) is 49.7 Å². The molecule has 0 amide bonds. The normalized spacial score (nSPS) is 21.5. The van der Waals surface area contributed by atoms with Gasteiger partial charge < -0.3 is 0 Å². The van der Waals surface area contributed by atoms with Crippen molar-refractivity contribution in [2.75, 3.05) is 0 Å². The summed E-state index contributed by atoms with van der Waals surface area (Å²) in [7, 11) is -4.19. The maximum atomic E-state index is 13.3. The van der Waals surface area contributed by atoms with E-state index in [9.17, 15) is 8.42 Å². The summed E-state index contributed by atoms with van der Waals surface area (Å²) >= 11 is 0. The molecule has 2 fully saturated rings. The highest BCUT2D eigenvalue weighted by molar-refractivity contribution is 7.81. The zero-order chi connectivity index (χ0) is 20.2. The highest BCUT2D eigenvalue weighted by Crippen LogP contribution is 2.46. The standard InChI is InChI=1S/C24H30O4S/c25-29(26,27-23(17-9-3-10-18-23)21-13-5-1-6-14-21)28-24(19-11-4-12-20-24)22-15-7-2-8-16-22/h1-2,5-8,13-16H,3-4,9-12,17-20H2. The van der Waals surface area contributed by atoms with Crippen LogP contribution in [0.15, 0.2) is 60.7 Å². The third kappa shape index (κ3) is 4.57. The van der Waals surface area contributed by atoms with Gasteiger partial charge >= 0.3 is 10.4 Å². The van der Waals surface area contributed by atoms with Crippen molar-refractivity contribution in [3.63, 3.8) is 0 Å². The lowest BCUT2D eigenvalue weighted by atomic mass is 9.80. The molecule has 2 saturated carbocycles. The van der Waals surface area contributed by atoms with Gasteiger partial charge in [0, 0.05) is 0 Å². The lowest BCUT2D eigenvalue weighted by molar-refractivity contribution is -0.0284. The van der Waals surface area contributed by atoms with Crippen LogP contribution in [0.25, 0.3) is 0 Å². The number of hydrogen-bond donors (Lipinski definition) is 0. The highest BCUT2D eigenvalue weighted by atomic mass is 32.3. The van der Waals surface area contributed by atoms with E-state index >= 15 is 0 Å². The molecule has 4 rings (SSSR count). The zero-order valence-electron chi connectivity index (χ0n) is 16.9. The van der Waals surface area contributed by atoms with Gasteiger partial charge in [-0.15, -0.1) is 0 Å². The average molecular weight is 415 g/mol. The summed E-state index contributed by atoms with van der Waals surface area (Å²) in [6.45, 7) is 0. The summed E-state index contributed by atoms with van der Waals surface area (Å²) < 4.78 is 38.5. The lowest BCUT2D eigenvalue weighted by Gasteiger charge is -2.40. The van der Waals surface area contributed by atoms with Crippen LogP contribution in [0.4, 0.5) is 0 Å². The largest absolute Gasteiger partial charge is 0.401 e. The Labute approximate surface area is 174 Å². The topological polar surface area (TPSA) is 52.6 Å². The van der Waals surface area contributed by atoms with Crippen molar-refractivity contribution in [3.8, 4) is 0 Å². The molecule has 156 valence electrons. The smallest absolute Gasteiger partial charge is 0.237 e. The van der Waals surface area contributed by atoms with Crippen LogP contribution in [0.2, 0.25) is 0 Å². The van der Waals surface area contributed by atoms with E-state index in [1.807, 2.05) is 60.7 Å². The summed E-state index contributed by atoms with van der Waals surface area (Å²) in [5.74, 6) is 0. The monoisotopic (exact) mass is 414 g/mol. The van der Waals surface area contributed by atoms with Crippen molar-refractivity contribution in [2.24, 2.45) is 0 Å². The van der Waals surface area contributed by atoms with Crippen LogP contribution in [0, 0.1) is 0 Å². The molecule has 0 heterocycles. The summed E-state index contributed by atoms with van der Waals surface area (Å²) in [5, 5.41) is 0. The van der Waals surface area contributed by atoms with Crippen LogP contribution in [-0.2, 0) is 30.0 Å². The molecule has 0 saturated heterocycles. The van der Waals surface area contributed by atoms with E-state index in [0.29, 0.717) is 25.7 Å². The Morgan fingerprint density at radius 3 is 1.24 bits per heavy atom. The van der Waals surface area contributed by atoms with E-state index in [4.69, 9.17) is 8.37 Å². The molecule has 0 aliphatic heterocycles. The molecule has 0 aromatic heterocycles. The van der Waals surface area contributed by atoms with E-state index in [-0.39, 0.29) is 0 Å². The first-order valence-electron chi connectivity index (χ1n) is 10.8. The van der Waals surface area contributed by atoms with Crippen molar-refractivity contribution in [2.45, 2.75) is 75.4 Å². The molecular weight excluding hydrogens is 384 g/mol. The first-order chi connectivity index (χ1) is 14.0. The summed E-state index contributed by atoms with van der Waals surface area (Å²) in [4.78, 5) is 0. The van der Waals surface area contributed by atoms with Crippen molar-refractivity contribution in [1.29, 1.82) is 0 Å². The predicted molar refractivity (Wildman–Crippen MR) is 113 cm³/mol. The van der Waals surface area contributed by atoms with Crippen molar-refractivity contribution < 1.29 is 16.8 Å². The number of benzene rings is 2. The summed E-state index contributed by atoms with van der Waals surface area (Å²) in [5.41, 5.74) is 0.184. The van der Waals surface area contributed by atoms with Crippen LogP contribution < -0.4 is 0 Å². The van der Waals surface area contributed by atoms with Gasteiger partial charge in [-0.2, -0.15) is 8.42 Å². The molecule has 5 heteroatoms. The van der Waals surface area contributed by atoms with Crippen molar-refractivity contribution >= 4 is 10.4 Å². The molecule has 0 unspecified atom stereocenters. The van der Waals surface area contributed by atoms with E-state index in [1.165, 1.54) is 0 Å². The molecule has 4 nitrogen and oxygen atoms in total. The van der Waals surface area contributed by atoms with Crippen LogP contribution in [-0.4, -0.2) is 8.42 Å². The van der Waals surface area contributed by atoms with E-state index in [2.05, 4.69) is 0 Å². The van der Waals surface area contributed by atoms with Gasteiger partial charge in [0.1, 0.15) is 11.2 Å². The molecular formula is C24H30O4S. The van der Waals surface area contributed by atoms with E-state index < -0.39 is 21.6 Å². The van der Waals surface area contributed by atoms with Gasteiger partial charge in [-0.05, 0) is 36.8 Å². The highest BCUT2D eigenvalue weighted by Gasteiger charge is 2.45. The molecule has 0 radical (unpaired) electrons. The Bertz CT molecular complexity index is 811. The van der Waals surface area contributed by atoms with Gasteiger partial charge in [0.2, 0.25) is 0 Å². The van der Waals surface area contributed by atoms with Gasteiger partial charge in [-0.1, -0.05) is 99.2 Å². The molecule has 29 heavy (non-hydrogen) atoms. The van der Waals surface area contributed by atoms with E-state index in [1.54, 1.807) is 0 Å². The minimum atomic E-state index is -4.19. The van der Waals surface area contributed by atoms with Gasteiger partial charge in [-0.25, -0.2) is 8.37 Å². The first kappa shape index (κ1) is 20.6. The van der Waals surface area contributed by atoms with Crippen LogP contribution in [0.1, 0.15) is 75.3 Å². The molecule has 2 aromatic rings. The second-order valence-corrected chi connectivity index (χ2v) is 9.57. The average Bonchev–Trinajstić information content (AvgIpc) is 2.76. The summed E-state index contributed by atoms with van der Waals surface area (Å²) in [6.07, 6.45) is 8.79. The molecule has 0 N–H and O–H groups in total. The fourth-order valence-electron chi connectivity index (χ4n) is 4.98. The lowest BCUT2D eigenvalue weighted by Crippen LogP contribution is -2.40. The minimum absolute atomic E-state index is 0.692. The third-order valence-corrected chi connectivity index (χ3v) is 7.49. The molecule has 2 aliphatic rings. The Hall–Kier alpha value is -1.69. The third-order valence-electron chi connectivity index (χ3n) is 6.45. The Morgan fingerprint density at radius 1 is 0.552 bits per heavy atom. The molecule has 0 bridgehead atoms. The van der Waals surface area contributed by atoms with Crippen LogP contribution in [0.3, 0.4) is 0 Å². The molecule has 2 aromatic carbocycles. The van der Waals surface area contributed by atoms with Crippen molar-refractivity contribution in [3.05, 3.63) is 71.8 Å². The maximum absolute atomic E-state index is 13.3. The quantitative estimate of drug-likeness (QED) is 0.583. The Morgan fingerprint density at radius 2 is 0.897 bits per heavy atom. The summed E-state index contributed by atoms with van der Waals surface area (Å²) in [6, 6.07) is 19.5. The maximum Gasteiger partial charge on any atom is 0.401 e. The SMILES string of the molecule is O=S(=O)(OC1(c2ccccc2)CCCCC1)OC1(c2ccccc2)CCCCC1. The van der Waals surface area contributed by atoms with Gasteiger partial charge in [0.15, 0.2) is 0 Å². The first-order valence-corrected chi connectivity index (χ1v) is 12.1. The number of hydrogen-bond acceptors (Lipinski definition) is 4. The van der Waals surface area contributed by atoms with Gasteiger partial charge in [-0.3, -0.25) is 0 Å². The second-order valence-electron chi connectivity index (χ2n) is 8.42. The zero-order valence-corrected chi connectivity index (χ0v) is 17.7. The van der Waals surface area contributed by atoms with Crippen LogP contribution >= 0.6 is 0 Å². The fraction of sp³-hybridized carbons (Fsp3) is 0.500. The van der Waals surface area contributed by atoms with Crippen molar-refractivity contribution in [1.82, 2.24) is 0 Å². The Kier molecular flexibility index (Phi) is 6.09. The second kappa shape index (κ2) is 8.58. The molecule has 2 aliphatic carbocycles. The molecule has 0 atom stereocenters. The van der Waals surface area contributed by atoms with Gasteiger partial charge in [0.05, 0.1) is 0 Å².